The van der Waals surface area contributed by atoms with Gasteiger partial charge in [-0.1, -0.05) is 0 Å². The average molecular weight is 351 g/mol. The highest BCUT2D eigenvalue weighted by Crippen LogP contribution is 2.35. The molecule has 0 amide bonds. The van der Waals surface area contributed by atoms with Gasteiger partial charge in [0.05, 0.1) is 14.6 Å². The van der Waals surface area contributed by atoms with Crippen molar-refractivity contribution in [2.75, 3.05) is 0 Å². The van der Waals surface area contributed by atoms with E-state index in [1.165, 1.54) is 6.07 Å². The van der Waals surface area contributed by atoms with Crippen LogP contribution in [0.1, 0.15) is 18.4 Å². The number of halogens is 2. The van der Waals surface area contributed by atoms with E-state index in [0.717, 1.165) is 18.9 Å². The summed E-state index contributed by atoms with van der Waals surface area (Å²) in [5.74, 6) is -0.258. The molecule has 6 heteroatoms. The smallest absolute Gasteiger partial charge is 0.273 e. The molecule has 1 saturated carbocycles. The Labute approximate surface area is 111 Å². The average Bonchev–Trinajstić information content (AvgIpc) is 3.06. The molecule has 0 aromatic heterocycles. The Hall–Kier alpha value is -0.760. The summed E-state index contributed by atoms with van der Waals surface area (Å²) in [6, 6.07) is 2.37. The molecule has 0 spiro atoms. The Morgan fingerprint density at radius 2 is 2.24 bits per heavy atom. The monoisotopic (exact) mass is 351 g/mol. The summed E-state index contributed by atoms with van der Waals surface area (Å²) in [5.41, 5.74) is 0.155. The number of rotatable bonds is 4. The van der Waals surface area contributed by atoms with Gasteiger partial charge in [0.25, 0.3) is 5.69 Å². The van der Waals surface area contributed by atoms with E-state index in [4.69, 9.17) is 0 Å². The van der Waals surface area contributed by atoms with Crippen LogP contribution in [-0.4, -0.2) is 16.1 Å². The van der Waals surface area contributed by atoms with E-state index in [9.17, 15) is 19.6 Å². The van der Waals surface area contributed by atoms with Gasteiger partial charge in [0.2, 0.25) is 0 Å². The molecule has 0 heterocycles. The normalized spacial score (nSPS) is 16.9. The molecule has 1 aromatic carbocycles. The number of aliphatic hydroxyl groups excluding tert-OH is 1. The number of nitro groups is 1. The molecule has 1 aromatic rings. The topological polar surface area (TPSA) is 63.4 Å². The first-order chi connectivity index (χ1) is 7.99. The molecule has 17 heavy (non-hydrogen) atoms. The minimum Gasteiger partial charge on any atom is -0.392 e. The Kier molecular flexibility index (Phi) is 3.62. The van der Waals surface area contributed by atoms with Crippen LogP contribution in [0, 0.1) is 25.4 Å². The van der Waals surface area contributed by atoms with Crippen LogP contribution in [0.4, 0.5) is 10.1 Å². The Balaban J connectivity index is 2.29. The number of aliphatic hydroxyl groups is 1. The number of hydrogen-bond donors (Lipinski definition) is 1. The fourth-order valence-electron chi connectivity index (χ4n) is 1.78. The molecule has 92 valence electrons. The first-order valence-electron chi connectivity index (χ1n) is 5.29. The van der Waals surface area contributed by atoms with Gasteiger partial charge >= 0.3 is 0 Å². The lowest BCUT2D eigenvalue weighted by Crippen LogP contribution is -2.14. The highest BCUT2D eigenvalue weighted by atomic mass is 127. The largest absolute Gasteiger partial charge is 0.392 e. The van der Waals surface area contributed by atoms with Crippen LogP contribution < -0.4 is 0 Å². The molecular weight excluding hydrogens is 340 g/mol. The van der Waals surface area contributed by atoms with Gasteiger partial charge in [0, 0.05) is 18.1 Å². The van der Waals surface area contributed by atoms with Crippen molar-refractivity contribution in [2.45, 2.75) is 25.4 Å². The maximum Gasteiger partial charge on any atom is 0.273 e. The molecule has 1 N–H and O–H groups in total. The van der Waals surface area contributed by atoms with Crippen molar-refractivity contribution in [2.24, 2.45) is 5.92 Å². The third-order valence-corrected chi connectivity index (χ3v) is 3.74. The fourth-order valence-corrected chi connectivity index (χ4v) is 2.23. The van der Waals surface area contributed by atoms with Crippen LogP contribution in [-0.2, 0) is 6.42 Å². The summed E-state index contributed by atoms with van der Waals surface area (Å²) >= 11 is 1.72. The van der Waals surface area contributed by atoms with E-state index in [1.54, 1.807) is 22.6 Å². The van der Waals surface area contributed by atoms with Crippen LogP contribution in [0.5, 0.6) is 0 Å². The lowest BCUT2D eigenvalue weighted by atomic mass is 10.0. The molecule has 2 rings (SSSR count). The maximum atomic E-state index is 13.4. The molecule has 1 aliphatic carbocycles. The molecule has 1 aliphatic rings. The summed E-state index contributed by atoms with van der Waals surface area (Å²) in [6.45, 7) is 0. The lowest BCUT2D eigenvalue weighted by Gasteiger charge is -2.10. The number of nitro benzene ring substituents is 1. The van der Waals surface area contributed by atoms with Gasteiger partial charge in [-0.25, -0.2) is 4.39 Å². The third kappa shape index (κ3) is 2.92. The minimum atomic E-state index is -0.604. The molecule has 4 nitrogen and oxygen atoms in total. The zero-order valence-corrected chi connectivity index (χ0v) is 11.1. The number of hydrogen-bond acceptors (Lipinski definition) is 3. The molecular formula is C11H11FINO3. The summed E-state index contributed by atoms with van der Waals surface area (Å²) in [6.07, 6.45) is 1.44. The van der Waals surface area contributed by atoms with E-state index in [-0.39, 0.29) is 27.2 Å². The molecule has 1 unspecified atom stereocenters. The van der Waals surface area contributed by atoms with Crippen LogP contribution in [0.2, 0.25) is 0 Å². The van der Waals surface area contributed by atoms with Gasteiger partial charge in [-0.15, -0.1) is 0 Å². The first kappa shape index (κ1) is 12.7. The van der Waals surface area contributed by atoms with Crippen LogP contribution in [0.25, 0.3) is 0 Å². The number of nitrogens with zero attached hydrogens (tertiary/aromatic N) is 1. The minimum absolute atomic E-state index is 0.115. The van der Waals surface area contributed by atoms with E-state index in [1.807, 2.05) is 0 Å². The quantitative estimate of drug-likeness (QED) is 0.515. The summed E-state index contributed by atoms with van der Waals surface area (Å²) < 4.78 is 13.6. The Bertz CT molecular complexity index is 462. The summed E-state index contributed by atoms with van der Waals surface area (Å²) in [5, 5.41) is 20.6. The van der Waals surface area contributed by atoms with E-state index < -0.39 is 16.8 Å². The second-order valence-corrected chi connectivity index (χ2v) is 5.42. The van der Waals surface area contributed by atoms with Crippen LogP contribution in [0.15, 0.2) is 12.1 Å². The van der Waals surface area contributed by atoms with Gasteiger partial charge in [0.1, 0.15) is 5.82 Å². The molecule has 0 saturated heterocycles. The summed E-state index contributed by atoms with van der Waals surface area (Å²) in [4.78, 5) is 10.3. The maximum absolute atomic E-state index is 13.4. The fraction of sp³-hybridized carbons (Fsp3) is 0.455. The Morgan fingerprint density at radius 3 is 2.76 bits per heavy atom. The van der Waals surface area contributed by atoms with Gasteiger partial charge in [0.15, 0.2) is 0 Å². The van der Waals surface area contributed by atoms with Crippen molar-refractivity contribution < 1.29 is 14.4 Å². The molecule has 1 fully saturated rings. The lowest BCUT2D eigenvalue weighted by molar-refractivity contribution is -0.385. The molecule has 0 radical (unpaired) electrons. The highest BCUT2D eigenvalue weighted by molar-refractivity contribution is 14.1. The zero-order chi connectivity index (χ0) is 12.6. The van der Waals surface area contributed by atoms with Gasteiger partial charge in [-0.3, -0.25) is 10.1 Å². The van der Waals surface area contributed by atoms with Crippen molar-refractivity contribution in [1.82, 2.24) is 0 Å². The third-order valence-electron chi connectivity index (χ3n) is 2.91. The van der Waals surface area contributed by atoms with Crippen molar-refractivity contribution in [1.29, 1.82) is 0 Å². The van der Waals surface area contributed by atoms with Crippen molar-refractivity contribution in [3.63, 3.8) is 0 Å². The van der Waals surface area contributed by atoms with Crippen molar-refractivity contribution >= 4 is 28.3 Å². The van der Waals surface area contributed by atoms with E-state index >= 15 is 0 Å². The SMILES string of the molecule is O=[N+]([O-])c1cc(I)c(F)cc1CC(O)C1CC1. The predicted molar refractivity (Wildman–Crippen MR) is 68.2 cm³/mol. The van der Waals surface area contributed by atoms with Gasteiger partial charge in [-0.05, 0) is 47.4 Å². The van der Waals surface area contributed by atoms with E-state index in [0.29, 0.717) is 0 Å². The van der Waals surface area contributed by atoms with E-state index in [2.05, 4.69) is 0 Å². The first-order valence-corrected chi connectivity index (χ1v) is 6.37. The predicted octanol–water partition coefficient (Wildman–Crippen LogP) is 2.65. The van der Waals surface area contributed by atoms with Gasteiger partial charge in [-0.2, -0.15) is 0 Å². The van der Waals surface area contributed by atoms with Crippen molar-refractivity contribution in [3.8, 4) is 0 Å². The zero-order valence-electron chi connectivity index (χ0n) is 8.90. The molecule has 0 bridgehead atoms. The summed E-state index contributed by atoms with van der Waals surface area (Å²) in [7, 11) is 0. The van der Waals surface area contributed by atoms with Crippen molar-refractivity contribution in [3.05, 3.63) is 37.2 Å². The van der Waals surface area contributed by atoms with Gasteiger partial charge < -0.3 is 5.11 Å². The molecule has 0 aliphatic heterocycles. The van der Waals surface area contributed by atoms with Crippen LogP contribution >= 0.6 is 22.6 Å². The second-order valence-electron chi connectivity index (χ2n) is 4.26. The standard InChI is InChI=1S/C11H11FINO3/c12-8-3-7(4-11(15)6-1-2-6)10(14(16)17)5-9(8)13/h3,5-6,11,15H,1-2,4H2. The van der Waals surface area contributed by atoms with Crippen LogP contribution in [0.3, 0.4) is 0 Å². The molecule has 1 atom stereocenters. The number of benzene rings is 1. The second kappa shape index (κ2) is 4.85. The Morgan fingerprint density at radius 1 is 1.59 bits per heavy atom. The highest BCUT2D eigenvalue weighted by Gasteiger charge is 2.31.